The van der Waals surface area contributed by atoms with Gasteiger partial charge in [-0.05, 0) is 24.9 Å². The molecule has 1 amide bonds. The number of primary amides is 1. The van der Waals surface area contributed by atoms with E-state index in [1.807, 2.05) is 32.0 Å². The van der Waals surface area contributed by atoms with Crippen molar-refractivity contribution in [1.82, 2.24) is 0 Å². The van der Waals surface area contributed by atoms with Crippen LogP contribution in [0.2, 0.25) is 0 Å². The maximum absolute atomic E-state index is 10.3. The van der Waals surface area contributed by atoms with E-state index in [1.54, 1.807) is 0 Å². The first-order valence-electron chi connectivity index (χ1n) is 8.23. The average Bonchev–Trinajstić information content (AvgIpc) is 2.51. The van der Waals surface area contributed by atoms with Crippen LogP contribution in [0.4, 0.5) is 0 Å². The fraction of sp³-hybridized carbons (Fsp3) is 0.611. The van der Waals surface area contributed by atoms with Crippen molar-refractivity contribution in [3.05, 3.63) is 35.9 Å². The molecule has 0 unspecified atom stereocenters. The molecule has 0 saturated carbocycles. The van der Waals surface area contributed by atoms with E-state index in [-0.39, 0.29) is 5.91 Å². The summed E-state index contributed by atoms with van der Waals surface area (Å²) in [5, 5.41) is 0. The smallest absolute Gasteiger partial charge is 0.217 e. The van der Waals surface area contributed by atoms with Crippen LogP contribution >= 0.6 is 0 Å². The largest absolute Gasteiger partial charge is 0.370 e. The van der Waals surface area contributed by atoms with Crippen molar-refractivity contribution < 1.29 is 4.79 Å². The van der Waals surface area contributed by atoms with Gasteiger partial charge in [0.25, 0.3) is 0 Å². The lowest BCUT2D eigenvalue weighted by Gasteiger charge is -1.95. The van der Waals surface area contributed by atoms with E-state index < -0.39 is 0 Å². The summed E-state index contributed by atoms with van der Waals surface area (Å²) in [6.45, 7) is 6.91. The lowest BCUT2D eigenvalue weighted by Crippen LogP contribution is -2.09. The van der Waals surface area contributed by atoms with Gasteiger partial charge in [-0.1, -0.05) is 76.8 Å². The van der Waals surface area contributed by atoms with Gasteiger partial charge < -0.3 is 11.5 Å². The molecule has 0 atom stereocenters. The number of hydrogen-bond donors (Lipinski definition) is 2. The molecular formula is C18H34N2O. The van der Waals surface area contributed by atoms with Gasteiger partial charge in [0, 0.05) is 6.42 Å². The molecule has 4 N–H and O–H groups in total. The van der Waals surface area contributed by atoms with E-state index in [4.69, 9.17) is 11.5 Å². The summed E-state index contributed by atoms with van der Waals surface area (Å²) in [4.78, 5) is 10.3. The predicted octanol–water partition coefficient (Wildman–Crippen LogP) is 4.05. The van der Waals surface area contributed by atoms with Crippen molar-refractivity contribution in [2.45, 2.75) is 65.7 Å². The molecule has 3 heteroatoms. The topological polar surface area (TPSA) is 69.1 Å². The second-order valence-electron chi connectivity index (χ2n) is 4.65. The Hall–Kier alpha value is -1.35. The van der Waals surface area contributed by atoms with Crippen molar-refractivity contribution in [2.75, 3.05) is 6.54 Å². The number of nitrogens with two attached hydrogens (primary N) is 2. The van der Waals surface area contributed by atoms with Crippen LogP contribution in [0.1, 0.15) is 64.9 Å². The van der Waals surface area contributed by atoms with Crippen LogP contribution in [0.25, 0.3) is 0 Å². The normalized spacial score (nSPS) is 8.95. The maximum Gasteiger partial charge on any atom is 0.217 e. The molecule has 1 aromatic carbocycles. The molecular weight excluding hydrogens is 260 g/mol. The molecule has 1 aromatic rings. The van der Waals surface area contributed by atoms with Gasteiger partial charge in [0.1, 0.15) is 0 Å². The highest BCUT2D eigenvalue weighted by atomic mass is 16.1. The van der Waals surface area contributed by atoms with Crippen molar-refractivity contribution in [1.29, 1.82) is 0 Å². The first-order chi connectivity index (χ1) is 10.2. The van der Waals surface area contributed by atoms with E-state index >= 15 is 0 Å². The Morgan fingerprint density at radius 1 is 1.00 bits per heavy atom. The first-order valence-corrected chi connectivity index (χ1v) is 8.23. The minimum atomic E-state index is -0.170. The molecule has 0 aliphatic carbocycles. The summed E-state index contributed by atoms with van der Waals surface area (Å²) in [7, 11) is 0. The van der Waals surface area contributed by atoms with Crippen LogP contribution in [-0.2, 0) is 11.2 Å². The molecule has 21 heavy (non-hydrogen) atoms. The third kappa shape index (κ3) is 18.6. The molecule has 0 aliphatic heterocycles. The van der Waals surface area contributed by atoms with E-state index in [2.05, 4.69) is 19.1 Å². The van der Waals surface area contributed by atoms with Crippen LogP contribution in [0.5, 0.6) is 0 Å². The zero-order valence-electron chi connectivity index (χ0n) is 14.1. The third-order valence-electron chi connectivity index (χ3n) is 2.80. The molecule has 1 rings (SSSR count). The van der Waals surface area contributed by atoms with Gasteiger partial charge in [0.05, 0.1) is 0 Å². The molecule has 0 aliphatic rings. The molecule has 0 saturated heterocycles. The number of benzene rings is 1. The van der Waals surface area contributed by atoms with Crippen LogP contribution in [-0.4, -0.2) is 12.5 Å². The van der Waals surface area contributed by atoms with Gasteiger partial charge in [-0.15, -0.1) is 0 Å². The Bertz CT molecular complexity index is 312. The summed E-state index contributed by atoms with van der Waals surface area (Å²) in [6, 6.07) is 10.3. The molecule has 3 nitrogen and oxygen atoms in total. The number of amides is 1. The highest BCUT2D eigenvalue weighted by Crippen LogP contribution is 2.03. The number of unbranched alkanes of at least 4 members (excludes halogenated alkanes) is 4. The quantitative estimate of drug-likeness (QED) is 0.710. The lowest BCUT2D eigenvalue weighted by molar-refractivity contribution is -0.118. The molecule has 0 aromatic heterocycles. The molecule has 122 valence electrons. The van der Waals surface area contributed by atoms with Crippen molar-refractivity contribution in [3.63, 3.8) is 0 Å². The van der Waals surface area contributed by atoms with Crippen LogP contribution in [0.3, 0.4) is 0 Å². The number of rotatable bonds is 8. The van der Waals surface area contributed by atoms with Crippen LogP contribution in [0, 0.1) is 0 Å². The number of carbonyl (C=O) groups is 1. The molecule has 0 bridgehead atoms. The van der Waals surface area contributed by atoms with E-state index in [0.717, 1.165) is 25.8 Å². The Morgan fingerprint density at radius 3 is 2.05 bits per heavy atom. The number of hydrogen-bond acceptors (Lipinski definition) is 2. The standard InChI is InChI=1S/C8H17NO.C8H11N.C2H6/c1-2-3-4-5-6-7-8(9)10;9-7-6-8-4-2-1-3-5-8;1-2/h2-7H2,1H3,(H2,9,10);1-5H,6-7,9H2;1-2H3. The fourth-order valence-electron chi connectivity index (χ4n) is 1.71. The van der Waals surface area contributed by atoms with Crippen molar-refractivity contribution in [2.24, 2.45) is 11.5 Å². The second kappa shape index (κ2) is 18.7. The summed E-state index contributed by atoms with van der Waals surface area (Å²) >= 11 is 0. The van der Waals surface area contributed by atoms with Gasteiger partial charge in [-0.3, -0.25) is 4.79 Å². The Balaban J connectivity index is 0. The van der Waals surface area contributed by atoms with Gasteiger partial charge in [-0.25, -0.2) is 0 Å². The van der Waals surface area contributed by atoms with Gasteiger partial charge in [0.15, 0.2) is 0 Å². The minimum Gasteiger partial charge on any atom is -0.370 e. The predicted molar refractivity (Wildman–Crippen MR) is 93.1 cm³/mol. The molecule has 0 radical (unpaired) electrons. The van der Waals surface area contributed by atoms with Crippen molar-refractivity contribution >= 4 is 5.91 Å². The summed E-state index contributed by atoms with van der Waals surface area (Å²) in [6.07, 6.45) is 7.43. The summed E-state index contributed by atoms with van der Waals surface area (Å²) < 4.78 is 0. The zero-order chi connectivity index (χ0) is 16.3. The highest BCUT2D eigenvalue weighted by molar-refractivity contribution is 5.73. The van der Waals surface area contributed by atoms with E-state index in [9.17, 15) is 4.79 Å². The fourth-order valence-corrected chi connectivity index (χ4v) is 1.71. The number of carbonyl (C=O) groups excluding carboxylic acids is 1. The minimum absolute atomic E-state index is 0.170. The second-order valence-corrected chi connectivity index (χ2v) is 4.65. The highest BCUT2D eigenvalue weighted by Gasteiger charge is 1.92. The monoisotopic (exact) mass is 294 g/mol. The van der Waals surface area contributed by atoms with E-state index in [0.29, 0.717) is 6.42 Å². The molecule has 0 spiro atoms. The van der Waals surface area contributed by atoms with Gasteiger partial charge >= 0.3 is 0 Å². The Kier molecular flexibility index (Phi) is 19.5. The third-order valence-corrected chi connectivity index (χ3v) is 2.80. The molecule has 0 heterocycles. The van der Waals surface area contributed by atoms with Gasteiger partial charge in [0.2, 0.25) is 5.91 Å². The van der Waals surface area contributed by atoms with Crippen molar-refractivity contribution in [3.8, 4) is 0 Å². The van der Waals surface area contributed by atoms with E-state index in [1.165, 1.54) is 24.8 Å². The lowest BCUT2D eigenvalue weighted by atomic mass is 10.1. The van der Waals surface area contributed by atoms with Gasteiger partial charge in [-0.2, -0.15) is 0 Å². The van der Waals surface area contributed by atoms with Crippen LogP contribution in [0.15, 0.2) is 30.3 Å². The Morgan fingerprint density at radius 2 is 1.57 bits per heavy atom. The zero-order valence-corrected chi connectivity index (χ0v) is 14.1. The van der Waals surface area contributed by atoms with Crippen LogP contribution < -0.4 is 11.5 Å². The maximum atomic E-state index is 10.3. The summed E-state index contributed by atoms with van der Waals surface area (Å²) in [5.41, 5.74) is 11.6. The summed E-state index contributed by atoms with van der Waals surface area (Å²) in [5.74, 6) is -0.170. The average molecular weight is 294 g/mol. The SMILES string of the molecule is CC.CCCCCCCC(N)=O.NCCc1ccccc1. The first kappa shape index (κ1) is 21.9. The Labute approximate surface area is 131 Å². The molecule has 0 fully saturated rings.